The molecular weight excluding hydrogens is 299 g/mol. The summed E-state index contributed by atoms with van der Waals surface area (Å²) in [6, 6.07) is 1.93. The SMILES string of the molecule is CCOC(=O)C(N)C(=O)c1ccc(C(F)(F)F)cc1.Cl. The van der Waals surface area contributed by atoms with Gasteiger partial charge in [0.1, 0.15) is 0 Å². The molecule has 0 aliphatic carbocycles. The molecule has 0 radical (unpaired) electrons. The van der Waals surface area contributed by atoms with Crippen molar-refractivity contribution in [3.63, 3.8) is 0 Å². The Morgan fingerprint density at radius 3 is 2.15 bits per heavy atom. The Labute approximate surface area is 119 Å². The lowest BCUT2D eigenvalue weighted by atomic mass is 10.0. The number of carbonyl (C=O) groups excluding carboxylic acids is 2. The zero-order valence-electron chi connectivity index (χ0n) is 10.4. The number of alkyl halides is 3. The maximum atomic E-state index is 12.3. The summed E-state index contributed by atoms with van der Waals surface area (Å²) in [6.07, 6.45) is -4.48. The standard InChI is InChI=1S/C12H12F3NO3.ClH/c1-2-19-11(18)9(16)10(17)7-3-5-8(6-4-7)12(13,14)15;/h3-6,9H,2,16H2,1H3;1H. The van der Waals surface area contributed by atoms with E-state index in [2.05, 4.69) is 4.74 Å². The number of hydrogen-bond donors (Lipinski definition) is 1. The van der Waals surface area contributed by atoms with E-state index in [1.165, 1.54) is 0 Å². The number of ether oxygens (including phenoxy) is 1. The van der Waals surface area contributed by atoms with Crippen LogP contribution in [-0.4, -0.2) is 24.4 Å². The van der Waals surface area contributed by atoms with E-state index in [9.17, 15) is 22.8 Å². The van der Waals surface area contributed by atoms with Gasteiger partial charge in [0.15, 0.2) is 11.8 Å². The number of hydrogen-bond acceptors (Lipinski definition) is 4. The van der Waals surface area contributed by atoms with Crippen molar-refractivity contribution in [1.29, 1.82) is 0 Å². The van der Waals surface area contributed by atoms with Gasteiger partial charge in [-0.1, -0.05) is 12.1 Å². The Kier molecular flexibility index (Phi) is 6.67. The first-order valence-electron chi connectivity index (χ1n) is 5.41. The third-order valence-electron chi connectivity index (χ3n) is 2.32. The number of Topliss-reactive ketones (excluding diaryl/α,β-unsaturated/α-hetero) is 1. The molecule has 1 unspecified atom stereocenters. The Morgan fingerprint density at radius 2 is 1.75 bits per heavy atom. The molecule has 0 spiro atoms. The van der Waals surface area contributed by atoms with Crippen molar-refractivity contribution < 1.29 is 27.5 Å². The van der Waals surface area contributed by atoms with Gasteiger partial charge >= 0.3 is 12.1 Å². The van der Waals surface area contributed by atoms with E-state index in [4.69, 9.17) is 5.73 Å². The van der Waals surface area contributed by atoms with Crippen molar-refractivity contribution in [1.82, 2.24) is 0 Å². The van der Waals surface area contributed by atoms with Gasteiger partial charge in [-0.25, -0.2) is 4.79 Å². The number of benzene rings is 1. The van der Waals surface area contributed by atoms with Crippen molar-refractivity contribution in [3.8, 4) is 0 Å². The van der Waals surface area contributed by atoms with Gasteiger partial charge < -0.3 is 10.5 Å². The summed E-state index contributed by atoms with van der Waals surface area (Å²) in [4.78, 5) is 23.0. The van der Waals surface area contributed by atoms with Crippen molar-refractivity contribution in [3.05, 3.63) is 35.4 Å². The van der Waals surface area contributed by atoms with E-state index >= 15 is 0 Å². The van der Waals surface area contributed by atoms with Gasteiger partial charge in [0.2, 0.25) is 0 Å². The molecule has 0 aliphatic heterocycles. The quantitative estimate of drug-likeness (QED) is 0.526. The fraction of sp³-hybridized carbons (Fsp3) is 0.333. The highest BCUT2D eigenvalue weighted by atomic mass is 35.5. The third-order valence-corrected chi connectivity index (χ3v) is 2.32. The molecule has 0 heterocycles. The Bertz CT molecular complexity index is 474. The molecule has 0 fully saturated rings. The normalized spacial score (nSPS) is 12.2. The first kappa shape index (κ1) is 18.4. The maximum absolute atomic E-state index is 12.3. The first-order valence-corrected chi connectivity index (χ1v) is 5.41. The minimum atomic E-state index is -4.48. The molecule has 8 heteroatoms. The fourth-order valence-corrected chi connectivity index (χ4v) is 1.34. The van der Waals surface area contributed by atoms with Crippen LogP contribution in [0.2, 0.25) is 0 Å². The van der Waals surface area contributed by atoms with Crippen LogP contribution in [0.1, 0.15) is 22.8 Å². The van der Waals surface area contributed by atoms with Gasteiger partial charge in [0.05, 0.1) is 12.2 Å². The van der Waals surface area contributed by atoms with Crippen LogP contribution >= 0.6 is 12.4 Å². The van der Waals surface area contributed by atoms with Crippen LogP contribution in [0.3, 0.4) is 0 Å². The highest BCUT2D eigenvalue weighted by Gasteiger charge is 2.31. The van der Waals surface area contributed by atoms with Crippen LogP contribution in [0, 0.1) is 0 Å². The van der Waals surface area contributed by atoms with Gasteiger partial charge in [0.25, 0.3) is 0 Å². The average Bonchev–Trinajstić information content (AvgIpc) is 2.36. The highest BCUT2D eigenvalue weighted by Crippen LogP contribution is 2.29. The van der Waals surface area contributed by atoms with Gasteiger partial charge in [-0.3, -0.25) is 4.79 Å². The summed E-state index contributed by atoms with van der Waals surface area (Å²) in [6.45, 7) is 1.61. The third kappa shape index (κ3) is 4.50. The number of nitrogens with two attached hydrogens (primary N) is 1. The van der Waals surface area contributed by atoms with E-state index < -0.39 is 29.5 Å². The summed E-state index contributed by atoms with van der Waals surface area (Å²) in [7, 11) is 0. The highest BCUT2D eigenvalue weighted by molar-refractivity contribution is 6.11. The fourth-order valence-electron chi connectivity index (χ4n) is 1.34. The molecule has 1 atom stereocenters. The minimum absolute atomic E-state index is 0. The van der Waals surface area contributed by atoms with Crippen molar-refractivity contribution in [2.75, 3.05) is 6.61 Å². The molecule has 0 amide bonds. The van der Waals surface area contributed by atoms with Crippen LogP contribution in [0.15, 0.2) is 24.3 Å². The molecule has 2 N–H and O–H groups in total. The molecular formula is C12H13ClF3NO3. The van der Waals surface area contributed by atoms with Crippen LogP contribution < -0.4 is 5.73 Å². The van der Waals surface area contributed by atoms with E-state index in [1.54, 1.807) is 6.92 Å². The van der Waals surface area contributed by atoms with Crippen molar-refractivity contribution in [2.24, 2.45) is 5.73 Å². The van der Waals surface area contributed by atoms with Crippen LogP contribution in [0.4, 0.5) is 13.2 Å². The predicted octanol–water partition coefficient (Wildman–Crippen LogP) is 2.20. The largest absolute Gasteiger partial charge is 0.464 e. The zero-order valence-corrected chi connectivity index (χ0v) is 11.3. The maximum Gasteiger partial charge on any atom is 0.416 e. The smallest absolute Gasteiger partial charge is 0.416 e. The van der Waals surface area contributed by atoms with Gasteiger partial charge in [-0.05, 0) is 19.1 Å². The molecule has 0 saturated carbocycles. The number of rotatable bonds is 4. The Hall–Kier alpha value is -1.60. The molecule has 1 aromatic carbocycles. The topological polar surface area (TPSA) is 69.4 Å². The van der Waals surface area contributed by atoms with Crippen LogP contribution in [0.5, 0.6) is 0 Å². The molecule has 112 valence electrons. The molecule has 0 aliphatic rings. The summed E-state index contributed by atoms with van der Waals surface area (Å²) in [5.74, 6) is -1.69. The van der Waals surface area contributed by atoms with E-state index in [-0.39, 0.29) is 24.6 Å². The number of carbonyl (C=O) groups is 2. The molecule has 0 saturated heterocycles. The summed E-state index contributed by atoms with van der Waals surface area (Å²) in [5, 5.41) is 0. The van der Waals surface area contributed by atoms with E-state index in [0.717, 1.165) is 24.3 Å². The predicted molar refractivity (Wildman–Crippen MR) is 67.6 cm³/mol. The second kappa shape index (κ2) is 7.25. The molecule has 0 aromatic heterocycles. The summed E-state index contributed by atoms with van der Waals surface area (Å²) < 4.78 is 41.5. The van der Waals surface area contributed by atoms with Gasteiger partial charge in [0, 0.05) is 5.56 Å². The average molecular weight is 312 g/mol. The zero-order chi connectivity index (χ0) is 14.6. The molecule has 1 rings (SSSR count). The summed E-state index contributed by atoms with van der Waals surface area (Å²) in [5.41, 5.74) is 4.40. The molecule has 1 aromatic rings. The van der Waals surface area contributed by atoms with Gasteiger partial charge in [-0.15, -0.1) is 12.4 Å². The second-order valence-corrected chi connectivity index (χ2v) is 3.67. The number of halogens is 4. The number of esters is 1. The van der Waals surface area contributed by atoms with E-state index in [0.29, 0.717) is 0 Å². The first-order chi connectivity index (χ1) is 8.77. The van der Waals surface area contributed by atoms with Crippen LogP contribution in [0.25, 0.3) is 0 Å². The molecule has 20 heavy (non-hydrogen) atoms. The Balaban J connectivity index is 0.00000361. The lowest BCUT2D eigenvalue weighted by Crippen LogP contribution is -2.40. The number of ketones is 1. The van der Waals surface area contributed by atoms with E-state index in [1.807, 2.05) is 0 Å². The minimum Gasteiger partial charge on any atom is -0.464 e. The lowest BCUT2D eigenvalue weighted by molar-refractivity contribution is -0.143. The molecule has 0 bridgehead atoms. The Morgan fingerprint density at radius 1 is 1.25 bits per heavy atom. The van der Waals surface area contributed by atoms with Crippen LogP contribution in [-0.2, 0) is 15.7 Å². The monoisotopic (exact) mass is 311 g/mol. The summed E-state index contributed by atoms with van der Waals surface area (Å²) >= 11 is 0. The second-order valence-electron chi connectivity index (χ2n) is 3.67. The molecule has 4 nitrogen and oxygen atoms in total. The van der Waals surface area contributed by atoms with Crippen molar-refractivity contribution >= 4 is 24.2 Å². The lowest BCUT2D eigenvalue weighted by Gasteiger charge is -2.10. The van der Waals surface area contributed by atoms with Gasteiger partial charge in [-0.2, -0.15) is 13.2 Å². The van der Waals surface area contributed by atoms with Crippen molar-refractivity contribution in [2.45, 2.75) is 19.1 Å².